The van der Waals surface area contributed by atoms with Crippen molar-refractivity contribution >= 4 is 17.9 Å². The normalized spacial score (nSPS) is 20.3. The Bertz CT molecular complexity index is 442. The van der Waals surface area contributed by atoms with E-state index >= 15 is 0 Å². The molecule has 0 aromatic rings. The highest BCUT2D eigenvalue weighted by atomic mass is 16.6. The molecule has 23 heavy (non-hydrogen) atoms. The lowest BCUT2D eigenvalue weighted by Crippen LogP contribution is -2.58. The van der Waals surface area contributed by atoms with Crippen LogP contribution in [0.15, 0.2) is 0 Å². The third kappa shape index (κ3) is 4.80. The average Bonchev–Trinajstić information content (AvgIpc) is 2.56. The maximum atomic E-state index is 12.2. The number of nitrogens with zero attached hydrogens (tertiary/aromatic N) is 4. The second-order valence-corrected chi connectivity index (χ2v) is 5.71. The molecule has 0 aromatic carbocycles. The average molecular weight is 327 g/mol. The molecule has 0 radical (unpaired) electrons. The number of hydrazine groups is 1. The summed E-state index contributed by atoms with van der Waals surface area (Å²) >= 11 is 0. The van der Waals surface area contributed by atoms with E-state index in [4.69, 9.17) is 4.74 Å². The van der Waals surface area contributed by atoms with E-state index < -0.39 is 11.8 Å². The summed E-state index contributed by atoms with van der Waals surface area (Å²) in [7, 11) is 2.02. The van der Waals surface area contributed by atoms with E-state index in [1.807, 2.05) is 7.05 Å². The number of likely N-dealkylation sites (N-methyl/N-ethyl adjacent to an activating group) is 1. The quantitative estimate of drug-likeness (QED) is 0.626. The van der Waals surface area contributed by atoms with Crippen molar-refractivity contribution in [2.45, 2.75) is 6.92 Å². The van der Waals surface area contributed by atoms with Gasteiger partial charge in [0.05, 0.1) is 6.61 Å². The van der Waals surface area contributed by atoms with Crippen molar-refractivity contribution in [1.82, 2.24) is 25.1 Å². The Labute approximate surface area is 136 Å². The molecule has 0 bridgehead atoms. The van der Waals surface area contributed by atoms with Crippen LogP contribution in [-0.2, 0) is 14.3 Å². The number of ether oxygens (including phenoxy) is 1. The lowest BCUT2D eigenvalue weighted by Gasteiger charge is -2.35. The van der Waals surface area contributed by atoms with Crippen molar-refractivity contribution < 1.29 is 19.1 Å². The van der Waals surface area contributed by atoms with Crippen LogP contribution in [0.2, 0.25) is 0 Å². The summed E-state index contributed by atoms with van der Waals surface area (Å²) in [5.41, 5.74) is 2.66. The molecule has 2 saturated heterocycles. The van der Waals surface area contributed by atoms with Crippen LogP contribution in [0.4, 0.5) is 4.79 Å². The summed E-state index contributed by atoms with van der Waals surface area (Å²) < 4.78 is 4.93. The first-order valence-electron chi connectivity index (χ1n) is 7.96. The number of carbonyl (C=O) groups is 3. The maximum absolute atomic E-state index is 12.2. The lowest BCUT2D eigenvalue weighted by molar-refractivity contribution is -0.149. The molecule has 9 heteroatoms. The van der Waals surface area contributed by atoms with Gasteiger partial charge in [-0.15, -0.1) is 0 Å². The molecule has 0 aromatic heterocycles. The Hall–Kier alpha value is -1.87. The number of amides is 3. The first-order chi connectivity index (χ1) is 11.0. The fourth-order valence-corrected chi connectivity index (χ4v) is 2.56. The van der Waals surface area contributed by atoms with Crippen LogP contribution in [0, 0.1) is 0 Å². The van der Waals surface area contributed by atoms with Gasteiger partial charge in [0, 0.05) is 52.4 Å². The Balaban J connectivity index is 1.75. The number of rotatable bonds is 2. The minimum atomic E-state index is -0.612. The molecular weight excluding hydrogens is 302 g/mol. The summed E-state index contributed by atoms with van der Waals surface area (Å²) in [5, 5.41) is 1.77. The van der Waals surface area contributed by atoms with Crippen LogP contribution in [-0.4, -0.2) is 104 Å². The zero-order valence-electron chi connectivity index (χ0n) is 13.8. The number of nitrogens with one attached hydrogen (secondary N) is 1. The minimum Gasteiger partial charge on any atom is -0.450 e. The van der Waals surface area contributed by atoms with Crippen molar-refractivity contribution in [3.8, 4) is 0 Å². The Kier molecular flexibility index (Phi) is 6.17. The molecule has 2 fully saturated rings. The molecule has 2 rings (SSSR count). The number of hydrogen-bond acceptors (Lipinski definition) is 6. The molecule has 3 amide bonds. The molecule has 130 valence electrons. The van der Waals surface area contributed by atoms with Gasteiger partial charge in [-0.25, -0.2) is 9.80 Å². The predicted octanol–water partition coefficient (Wildman–Crippen LogP) is -1.43. The molecule has 2 aliphatic heterocycles. The maximum Gasteiger partial charge on any atom is 0.409 e. The monoisotopic (exact) mass is 327 g/mol. The largest absolute Gasteiger partial charge is 0.450 e. The molecule has 2 heterocycles. The van der Waals surface area contributed by atoms with Crippen molar-refractivity contribution in [1.29, 1.82) is 0 Å². The van der Waals surface area contributed by atoms with Gasteiger partial charge in [0.2, 0.25) is 0 Å². The van der Waals surface area contributed by atoms with Gasteiger partial charge in [-0.3, -0.25) is 15.0 Å². The molecule has 0 aliphatic carbocycles. The van der Waals surface area contributed by atoms with E-state index in [1.165, 1.54) is 4.90 Å². The number of hydrogen-bond donors (Lipinski definition) is 1. The summed E-state index contributed by atoms with van der Waals surface area (Å²) in [6.07, 6.45) is -0.374. The van der Waals surface area contributed by atoms with Gasteiger partial charge < -0.3 is 19.4 Å². The van der Waals surface area contributed by atoms with Gasteiger partial charge in [-0.2, -0.15) is 0 Å². The molecule has 0 saturated carbocycles. The topological polar surface area (TPSA) is 85.4 Å². The van der Waals surface area contributed by atoms with E-state index in [0.29, 0.717) is 45.9 Å². The van der Waals surface area contributed by atoms with Crippen LogP contribution in [0.1, 0.15) is 6.92 Å². The third-order valence-corrected chi connectivity index (χ3v) is 4.05. The van der Waals surface area contributed by atoms with Crippen LogP contribution in [0.3, 0.4) is 0 Å². The fourth-order valence-electron chi connectivity index (χ4n) is 2.56. The van der Waals surface area contributed by atoms with Crippen molar-refractivity contribution in [3.63, 3.8) is 0 Å². The van der Waals surface area contributed by atoms with Gasteiger partial charge >= 0.3 is 17.9 Å². The van der Waals surface area contributed by atoms with Crippen LogP contribution >= 0.6 is 0 Å². The number of carbonyl (C=O) groups excluding carboxylic acids is 3. The van der Waals surface area contributed by atoms with Gasteiger partial charge in [-0.05, 0) is 14.0 Å². The minimum absolute atomic E-state index is 0.325. The third-order valence-electron chi connectivity index (χ3n) is 4.05. The van der Waals surface area contributed by atoms with Crippen molar-refractivity contribution in [3.05, 3.63) is 0 Å². The lowest BCUT2D eigenvalue weighted by atomic mass is 10.3. The molecule has 0 atom stereocenters. The highest BCUT2D eigenvalue weighted by Crippen LogP contribution is 2.05. The second-order valence-electron chi connectivity index (χ2n) is 5.71. The van der Waals surface area contributed by atoms with Gasteiger partial charge in [0.1, 0.15) is 0 Å². The van der Waals surface area contributed by atoms with E-state index in [-0.39, 0.29) is 6.09 Å². The molecule has 0 spiro atoms. The molecule has 9 nitrogen and oxygen atoms in total. The predicted molar refractivity (Wildman–Crippen MR) is 82.4 cm³/mol. The molecule has 0 unspecified atom stereocenters. The van der Waals surface area contributed by atoms with Crippen LogP contribution < -0.4 is 5.43 Å². The molecular formula is C14H25N5O4. The van der Waals surface area contributed by atoms with Gasteiger partial charge in [-0.1, -0.05) is 0 Å². The first kappa shape index (κ1) is 17.5. The van der Waals surface area contributed by atoms with E-state index in [2.05, 4.69) is 10.3 Å². The Morgan fingerprint density at radius 1 is 0.913 bits per heavy atom. The van der Waals surface area contributed by atoms with E-state index in [9.17, 15) is 14.4 Å². The number of piperazine rings is 2. The van der Waals surface area contributed by atoms with Crippen molar-refractivity contribution in [2.75, 3.05) is 66.0 Å². The van der Waals surface area contributed by atoms with Crippen LogP contribution in [0.5, 0.6) is 0 Å². The highest BCUT2D eigenvalue weighted by molar-refractivity contribution is 6.34. The SMILES string of the molecule is CCOC(=O)N1CCN(C(=O)C(=O)NN2CCN(C)CC2)CC1. The molecule has 1 N–H and O–H groups in total. The zero-order valence-corrected chi connectivity index (χ0v) is 13.8. The Morgan fingerprint density at radius 3 is 2.04 bits per heavy atom. The van der Waals surface area contributed by atoms with E-state index in [0.717, 1.165) is 13.1 Å². The smallest absolute Gasteiger partial charge is 0.409 e. The van der Waals surface area contributed by atoms with E-state index in [1.54, 1.807) is 16.8 Å². The van der Waals surface area contributed by atoms with Crippen LogP contribution in [0.25, 0.3) is 0 Å². The first-order valence-corrected chi connectivity index (χ1v) is 7.96. The molecule has 2 aliphatic rings. The zero-order chi connectivity index (χ0) is 16.8. The summed E-state index contributed by atoms with van der Waals surface area (Å²) in [6.45, 7) is 6.63. The Morgan fingerprint density at radius 2 is 1.48 bits per heavy atom. The summed E-state index contributed by atoms with van der Waals surface area (Å²) in [6, 6.07) is 0. The fraction of sp³-hybridized carbons (Fsp3) is 0.786. The highest BCUT2D eigenvalue weighted by Gasteiger charge is 2.29. The van der Waals surface area contributed by atoms with Gasteiger partial charge in [0.15, 0.2) is 0 Å². The van der Waals surface area contributed by atoms with Crippen molar-refractivity contribution in [2.24, 2.45) is 0 Å². The van der Waals surface area contributed by atoms with Gasteiger partial charge in [0.25, 0.3) is 0 Å². The summed E-state index contributed by atoms with van der Waals surface area (Å²) in [5.74, 6) is -1.16. The standard InChI is InChI=1S/C14H25N5O4/c1-3-23-14(22)18-8-6-17(7-9-18)13(21)12(20)15-19-10-4-16(2)5-11-19/h3-11H2,1-2H3,(H,15,20). The summed E-state index contributed by atoms with van der Waals surface area (Å²) in [4.78, 5) is 41.0. The second kappa shape index (κ2) is 8.11.